The van der Waals surface area contributed by atoms with E-state index < -0.39 is 0 Å². The van der Waals surface area contributed by atoms with Gasteiger partial charge in [-0.05, 0) is 35.9 Å². The topological polar surface area (TPSA) is 111 Å². The third-order valence-corrected chi connectivity index (χ3v) is 3.61. The second-order valence-corrected chi connectivity index (χ2v) is 5.40. The van der Waals surface area contributed by atoms with Gasteiger partial charge in [0.1, 0.15) is 6.42 Å². The SMILES string of the molecule is N#CCC(=O)Nc1ccc(CNC(=O)c2ccc3nc[nH]c3c2)cc1. The first-order valence-electron chi connectivity index (χ1n) is 7.63. The average Bonchev–Trinajstić information content (AvgIpc) is 3.08. The first-order valence-corrected chi connectivity index (χ1v) is 7.63. The smallest absolute Gasteiger partial charge is 0.251 e. The lowest BCUT2D eigenvalue weighted by Crippen LogP contribution is -2.22. The zero-order valence-corrected chi connectivity index (χ0v) is 13.2. The number of rotatable bonds is 5. The van der Waals surface area contributed by atoms with Crippen LogP contribution in [0.4, 0.5) is 5.69 Å². The van der Waals surface area contributed by atoms with Crippen LogP contribution in [-0.2, 0) is 11.3 Å². The highest BCUT2D eigenvalue weighted by atomic mass is 16.2. The number of benzene rings is 2. The van der Waals surface area contributed by atoms with E-state index in [0.717, 1.165) is 16.6 Å². The van der Waals surface area contributed by atoms with Crippen LogP contribution in [-0.4, -0.2) is 21.8 Å². The predicted octanol–water partition coefficient (Wildman–Crippen LogP) is 2.35. The Morgan fingerprint density at radius 1 is 1.16 bits per heavy atom. The maximum atomic E-state index is 12.2. The number of aromatic amines is 1. The standard InChI is InChI=1S/C18H15N5O2/c19-8-7-17(24)23-14-4-1-12(2-5-14)10-20-18(25)13-3-6-15-16(9-13)22-11-21-15/h1-6,9,11H,7,10H2,(H,20,25)(H,21,22)(H,23,24). The molecule has 0 atom stereocenters. The Bertz CT molecular complexity index is 954. The molecule has 2 aromatic carbocycles. The maximum Gasteiger partial charge on any atom is 0.251 e. The Morgan fingerprint density at radius 2 is 1.96 bits per heavy atom. The number of hydrogen-bond acceptors (Lipinski definition) is 4. The molecule has 0 saturated heterocycles. The third kappa shape index (κ3) is 4.00. The molecule has 3 aromatic rings. The number of nitrogens with one attached hydrogen (secondary N) is 3. The van der Waals surface area contributed by atoms with E-state index in [9.17, 15) is 9.59 Å². The molecule has 0 aliphatic rings. The number of aromatic nitrogens is 2. The molecule has 0 fully saturated rings. The summed E-state index contributed by atoms with van der Waals surface area (Å²) in [4.78, 5) is 30.7. The van der Waals surface area contributed by atoms with E-state index in [-0.39, 0.29) is 18.2 Å². The van der Waals surface area contributed by atoms with Crippen LogP contribution in [0.25, 0.3) is 11.0 Å². The largest absolute Gasteiger partial charge is 0.348 e. The van der Waals surface area contributed by atoms with Crippen LogP contribution in [0, 0.1) is 11.3 Å². The van der Waals surface area contributed by atoms with Crippen molar-refractivity contribution in [3.8, 4) is 6.07 Å². The van der Waals surface area contributed by atoms with Gasteiger partial charge < -0.3 is 15.6 Å². The average molecular weight is 333 g/mol. The summed E-state index contributed by atoms with van der Waals surface area (Å²) in [6.45, 7) is 0.367. The molecular weight excluding hydrogens is 318 g/mol. The first kappa shape index (κ1) is 16.2. The van der Waals surface area contributed by atoms with Crippen LogP contribution in [0.5, 0.6) is 0 Å². The molecule has 25 heavy (non-hydrogen) atoms. The molecule has 124 valence electrons. The minimum atomic E-state index is -0.349. The second kappa shape index (κ2) is 7.27. The van der Waals surface area contributed by atoms with Crippen molar-refractivity contribution >= 4 is 28.5 Å². The molecule has 0 saturated carbocycles. The van der Waals surface area contributed by atoms with Crippen molar-refractivity contribution in [1.29, 1.82) is 5.26 Å². The molecule has 0 spiro atoms. The summed E-state index contributed by atoms with van der Waals surface area (Å²) in [5, 5.41) is 13.9. The summed E-state index contributed by atoms with van der Waals surface area (Å²) in [6, 6.07) is 14.1. The fourth-order valence-electron chi connectivity index (χ4n) is 2.34. The van der Waals surface area contributed by atoms with E-state index in [2.05, 4.69) is 20.6 Å². The van der Waals surface area contributed by atoms with Gasteiger partial charge in [0.05, 0.1) is 23.4 Å². The summed E-state index contributed by atoms with van der Waals surface area (Å²) in [5.74, 6) is -0.527. The molecule has 7 heteroatoms. The van der Waals surface area contributed by atoms with E-state index in [1.165, 1.54) is 0 Å². The number of imidazole rings is 1. The van der Waals surface area contributed by atoms with Gasteiger partial charge >= 0.3 is 0 Å². The van der Waals surface area contributed by atoms with E-state index >= 15 is 0 Å². The monoisotopic (exact) mass is 333 g/mol. The number of nitrogens with zero attached hydrogens (tertiary/aromatic N) is 2. The van der Waals surface area contributed by atoms with Crippen LogP contribution < -0.4 is 10.6 Å². The highest BCUT2D eigenvalue weighted by molar-refractivity contribution is 5.97. The van der Waals surface area contributed by atoms with Gasteiger partial charge in [-0.3, -0.25) is 9.59 Å². The molecule has 3 rings (SSSR count). The van der Waals surface area contributed by atoms with Crippen molar-refractivity contribution in [3.63, 3.8) is 0 Å². The van der Waals surface area contributed by atoms with Crippen LogP contribution in [0.2, 0.25) is 0 Å². The number of hydrogen-bond donors (Lipinski definition) is 3. The van der Waals surface area contributed by atoms with Crippen molar-refractivity contribution in [2.45, 2.75) is 13.0 Å². The number of carbonyl (C=O) groups is 2. The van der Waals surface area contributed by atoms with Crippen LogP contribution >= 0.6 is 0 Å². The van der Waals surface area contributed by atoms with Gasteiger partial charge in [-0.2, -0.15) is 5.26 Å². The molecule has 3 N–H and O–H groups in total. The zero-order chi connectivity index (χ0) is 17.6. The van der Waals surface area contributed by atoms with E-state index in [1.54, 1.807) is 54.9 Å². The molecule has 0 aliphatic carbocycles. The van der Waals surface area contributed by atoms with Crippen molar-refractivity contribution in [1.82, 2.24) is 15.3 Å². The number of nitriles is 1. The molecule has 1 heterocycles. The lowest BCUT2D eigenvalue weighted by molar-refractivity contribution is -0.115. The molecule has 0 bridgehead atoms. The Labute approximate surface area is 143 Å². The molecular formula is C18H15N5O2. The summed E-state index contributed by atoms with van der Waals surface area (Å²) >= 11 is 0. The zero-order valence-electron chi connectivity index (χ0n) is 13.2. The van der Waals surface area contributed by atoms with Gasteiger partial charge in [-0.25, -0.2) is 4.98 Å². The Morgan fingerprint density at radius 3 is 2.72 bits per heavy atom. The van der Waals surface area contributed by atoms with Crippen molar-refractivity contribution in [2.24, 2.45) is 0 Å². The van der Waals surface area contributed by atoms with Gasteiger partial charge in [0, 0.05) is 17.8 Å². The van der Waals surface area contributed by atoms with E-state index in [1.807, 2.05) is 0 Å². The van der Waals surface area contributed by atoms with Gasteiger partial charge in [-0.15, -0.1) is 0 Å². The number of H-pyrrole nitrogens is 1. The number of fused-ring (bicyclic) bond motifs is 1. The molecule has 1 aromatic heterocycles. The van der Waals surface area contributed by atoms with Gasteiger partial charge in [0.25, 0.3) is 5.91 Å². The molecule has 0 aliphatic heterocycles. The second-order valence-electron chi connectivity index (χ2n) is 5.40. The number of amides is 2. The Kier molecular flexibility index (Phi) is 4.72. The quantitative estimate of drug-likeness (QED) is 0.665. The predicted molar refractivity (Wildman–Crippen MR) is 92.6 cm³/mol. The normalized spacial score (nSPS) is 10.2. The van der Waals surface area contributed by atoms with Gasteiger partial charge in [-0.1, -0.05) is 12.1 Å². The fourth-order valence-corrected chi connectivity index (χ4v) is 2.34. The fraction of sp³-hybridized carbons (Fsp3) is 0.111. The molecule has 7 nitrogen and oxygen atoms in total. The van der Waals surface area contributed by atoms with E-state index in [0.29, 0.717) is 17.8 Å². The van der Waals surface area contributed by atoms with Crippen molar-refractivity contribution < 1.29 is 9.59 Å². The minimum absolute atomic E-state index is 0.178. The highest BCUT2D eigenvalue weighted by Crippen LogP contribution is 2.13. The maximum absolute atomic E-state index is 12.2. The van der Waals surface area contributed by atoms with Crippen LogP contribution in [0.15, 0.2) is 48.8 Å². The summed E-state index contributed by atoms with van der Waals surface area (Å²) in [6.07, 6.45) is 1.40. The summed E-state index contributed by atoms with van der Waals surface area (Å²) < 4.78 is 0. The first-order chi connectivity index (χ1) is 12.2. The van der Waals surface area contributed by atoms with E-state index in [4.69, 9.17) is 5.26 Å². The van der Waals surface area contributed by atoms with Crippen molar-refractivity contribution in [3.05, 3.63) is 59.9 Å². The van der Waals surface area contributed by atoms with Crippen molar-refractivity contribution in [2.75, 3.05) is 5.32 Å². The summed E-state index contributed by atoms with van der Waals surface area (Å²) in [7, 11) is 0. The Balaban J connectivity index is 1.58. The minimum Gasteiger partial charge on any atom is -0.348 e. The van der Waals surface area contributed by atoms with Gasteiger partial charge in [0.2, 0.25) is 5.91 Å². The lowest BCUT2D eigenvalue weighted by Gasteiger charge is -2.07. The molecule has 0 unspecified atom stereocenters. The highest BCUT2D eigenvalue weighted by Gasteiger charge is 2.07. The van der Waals surface area contributed by atoms with Gasteiger partial charge in [0.15, 0.2) is 0 Å². The number of anilines is 1. The number of carbonyl (C=O) groups excluding carboxylic acids is 2. The molecule has 2 amide bonds. The molecule has 0 radical (unpaired) electrons. The summed E-state index contributed by atoms with van der Waals surface area (Å²) in [5.41, 5.74) is 3.68. The van der Waals surface area contributed by atoms with Crippen LogP contribution in [0.1, 0.15) is 22.3 Å². The van der Waals surface area contributed by atoms with Crippen LogP contribution in [0.3, 0.4) is 0 Å². The Hall–Kier alpha value is -3.66. The lowest BCUT2D eigenvalue weighted by atomic mass is 10.1. The third-order valence-electron chi connectivity index (χ3n) is 3.61.